The maximum Gasteiger partial charge on any atom is 0.0589 e. The minimum Gasteiger partial charge on any atom is -0.383 e. The molecule has 1 saturated carbocycles. The molecule has 1 fully saturated rings. The molecule has 0 spiro atoms. The Morgan fingerprint density at radius 3 is 2.37 bits per heavy atom. The van der Waals surface area contributed by atoms with Crippen molar-refractivity contribution < 1.29 is 4.74 Å². The number of ether oxygens (including phenoxy) is 1. The Labute approximate surface area is 119 Å². The van der Waals surface area contributed by atoms with Gasteiger partial charge in [-0.1, -0.05) is 20.8 Å². The number of methoxy groups -OCH3 is 1. The summed E-state index contributed by atoms with van der Waals surface area (Å²) in [5.41, 5.74) is 6.60. The van der Waals surface area contributed by atoms with Gasteiger partial charge in [0.1, 0.15) is 0 Å². The molecule has 0 bridgehead atoms. The standard InChI is InChI=1S/C16H34N2O/c1-13(14-6-7-14)18(10-11-19-5)9-8-15(17)12-16(2,3)4/h13-15H,6-12,17H2,1-5H3. The van der Waals surface area contributed by atoms with E-state index in [1.807, 2.05) is 0 Å². The molecule has 0 saturated heterocycles. The van der Waals surface area contributed by atoms with E-state index in [-0.39, 0.29) is 0 Å². The predicted octanol–water partition coefficient (Wildman–Crippen LogP) is 2.89. The number of hydrogen-bond donors (Lipinski definition) is 1. The lowest BCUT2D eigenvalue weighted by molar-refractivity contribution is 0.113. The molecule has 0 aromatic heterocycles. The van der Waals surface area contributed by atoms with Crippen molar-refractivity contribution in [1.82, 2.24) is 4.90 Å². The molecule has 114 valence electrons. The molecule has 2 atom stereocenters. The van der Waals surface area contributed by atoms with Gasteiger partial charge in [-0.15, -0.1) is 0 Å². The molecule has 1 aliphatic rings. The average Bonchev–Trinajstić information content (AvgIpc) is 3.09. The van der Waals surface area contributed by atoms with Crippen molar-refractivity contribution >= 4 is 0 Å². The Hall–Kier alpha value is -0.120. The number of nitrogens with zero attached hydrogens (tertiary/aromatic N) is 1. The lowest BCUT2D eigenvalue weighted by Gasteiger charge is -2.31. The summed E-state index contributed by atoms with van der Waals surface area (Å²) in [5, 5.41) is 0. The van der Waals surface area contributed by atoms with E-state index in [1.165, 1.54) is 12.8 Å². The Bertz CT molecular complexity index is 246. The first-order valence-corrected chi connectivity index (χ1v) is 7.82. The Kier molecular flexibility index (Phi) is 6.78. The monoisotopic (exact) mass is 270 g/mol. The molecule has 1 aliphatic carbocycles. The van der Waals surface area contributed by atoms with Gasteiger partial charge in [-0.25, -0.2) is 0 Å². The zero-order valence-corrected chi connectivity index (χ0v) is 13.6. The highest BCUT2D eigenvalue weighted by Gasteiger charge is 2.31. The second-order valence-electron chi connectivity index (χ2n) is 7.42. The summed E-state index contributed by atoms with van der Waals surface area (Å²) in [6.07, 6.45) is 5.00. The van der Waals surface area contributed by atoms with Gasteiger partial charge in [-0.3, -0.25) is 4.90 Å². The van der Waals surface area contributed by atoms with Crippen molar-refractivity contribution in [2.45, 2.75) is 65.5 Å². The number of rotatable bonds is 9. The van der Waals surface area contributed by atoms with Crippen molar-refractivity contribution in [2.75, 3.05) is 26.8 Å². The molecule has 0 amide bonds. The molecule has 0 aromatic rings. The summed E-state index contributed by atoms with van der Waals surface area (Å²) in [7, 11) is 1.78. The van der Waals surface area contributed by atoms with E-state index in [0.717, 1.165) is 38.5 Å². The second-order valence-corrected chi connectivity index (χ2v) is 7.42. The normalized spacial score (nSPS) is 19.7. The first-order valence-electron chi connectivity index (χ1n) is 7.82. The molecular formula is C16H34N2O. The Morgan fingerprint density at radius 2 is 1.89 bits per heavy atom. The third-order valence-electron chi connectivity index (χ3n) is 4.12. The zero-order valence-electron chi connectivity index (χ0n) is 13.6. The van der Waals surface area contributed by atoms with Crippen LogP contribution in [0.5, 0.6) is 0 Å². The van der Waals surface area contributed by atoms with Crippen LogP contribution in [0.4, 0.5) is 0 Å². The summed E-state index contributed by atoms with van der Waals surface area (Å²) in [4.78, 5) is 2.57. The predicted molar refractivity (Wildman–Crippen MR) is 82.3 cm³/mol. The minimum atomic E-state index is 0.316. The van der Waals surface area contributed by atoms with Gasteiger partial charge in [0.15, 0.2) is 0 Å². The van der Waals surface area contributed by atoms with Crippen molar-refractivity contribution in [3.8, 4) is 0 Å². The SMILES string of the molecule is COCCN(CCC(N)CC(C)(C)C)C(C)C1CC1. The summed E-state index contributed by atoms with van der Waals surface area (Å²) >= 11 is 0. The maximum atomic E-state index is 6.27. The highest BCUT2D eigenvalue weighted by Crippen LogP contribution is 2.35. The van der Waals surface area contributed by atoms with Crippen LogP contribution in [0.1, 0.15) is 53.4 Å². The van der Waals surface area contributed by atoms with Gasteiger partial charge in [0.25, 0.3) is 0 Å². The smallest absolute Gasteiger partial charge is 0.0589 e. The number of hydrogen-bond acceptors (Lipinski definition) is 3. The molecule has 3 heteroatoms. The van der Waals surface area contributed by atoms with Crippen LogP contribution >= 0.6 is 0 Å². The molecule has 19 heavy (non-hydrogen) atoms. The van der Waals surface area contributed by atoms with Crippen molar-refractivity contribution in [1.29, 1.82) is 0 Å². The van der Waals surface area contributed by atoms with E-state index in [2.05, 4.69) is 32.6 Å². The summed E-state index contributed by atoms with van der Waals surface area (Å²) in [6, 6.07) is 1.01. The van der Waals surface area contributed by atoms with E-state index >= 15 is 0 Å². The molecule has 3 nitrogen and oxygen atoms in total. The van der Waals surface area contributed by atoms with Gasteiger partial charge in [0.2, 0.25) is 0 Å². The molecule has 0 aromatic carbocycles. The second kappa shape index (κ2) is 7.61. The van der Waals surface area contributed by atoms with Crippen LogP contribution in [0, 0.1) is 11.3 Å². The first-order chi connectivity index (χ1) is 8.83. The minimum absolute atomic E-state index is 0.316. The van der Waals surface area contributed by atoms with E-state index in [1.54, 1.807) is 7.11 Å². The third-order valence-corrected chi connectivity index (χ3v) is 4.12. The first kappa shape index (κ1) is 16.9. The highest BCUT2D eigenvalue weighted by molar-refractivity contribution is 4.86. The van der Waals surface area contributed by atoms with Crippen LogP contribution in [0.15, 0.2) is 0 Å². The Balaban J connectivity index is 2.34. The molecule has 1 rings (SSSR count). The van der Waals surface area contributed by atoms with E-state index in [0.29, 0.717) is 17.5 Å². The van der Waals surface area contributed by atoms with Gasteiger partial charge in [0, 0.05) is 25.7 Å². The van der Waals surface area contributed by atoms with Crippen LogP contribution in [0.25, 0.3) is 0 Å². The summed E-state index contributed by atoms with van der Waals surface area (Å²) in [6.45, 7) is 12.1. The lowest BCUT2D eigenvalue weighted by atomic mass is 9.87. The molecular weight excluding hydrogens is 236 g/mol. The van der Waals surface area contributed by atoms with Gasteiger partial charge in [-0.05, 0) is 50.5 Å². The summed E-state index contributed by atoms with van der Waals surface area (Å²) in [5.74, 6) is 0.913. The van der Waals surface area contributed by atoms with Crippen molar-refractivity contribution in [3.63, 3.8) is 0 Å². The van der Waals surface area contributed by atoms with Crippen molar-refractivity contribution in [2.24, 2.45) is 17.1 Å². The zero-order chi connectivity index (χ0) is 14.5. The third kappa shape index (κ3) is 7.28. The Morgan fingerprint density at radius 1 is 1.26 bits per heavy atom. The van der Waals surface area contributed by atoms with E-state index < -0.39 is 0 Å². The van der Waals surface area contributed by atoms with Gasteiger partial charge < -0.3 is 10.5 Å². The van der Waals surface area contributed by atoms with Crippen LogP contribution in [-0.4, -0.2) is 43.8 Å². The highest BCUT2D eigenvalue weighted by atomic mass is 16.5. The van der Waals surface area contributed by atoms with Crippen LogP contribution < -0.4 is 5.73 Å². The average molecular weight is 270 g/mol. The van der Waals surface area contributed by atoms with E-state index in [9.17, 15) is 0 Å². The van der Waals surface area contributed by atoms with Crippen LogP contribution in [0.2, 0.25) is 0 Å². The van der Waals surface area contributed by atoms with Gasteiger partial charge in [-0.2, -0.15) is 0 Å². The number of nitrogens with two attached hydrogens (primary N) is 1. The van der Waals surface area contributed by atoms with Crippen LogP contribution in [-0.2, 0) is 4.74 Å². The topological polar surface area (TPSA) is 38.5 Å². The lowest BCUT2D eigenvalue weighted by Crippen LogP contribution is -2.40. The molecule has 0 radical (unpaired) electrons. The summed E-state index contributed by atoms with van der Waals surface area (Å²) < 4.78 is 5.24. The molecule has 0 aliphatic heterocycles. The quantitative estimate of drug-likeness (QED) is 0.700. The fraction of sp³-hybridized carbons (Fsp3) is 1.00. The van der Waals surface area contributed by atoms with Gasteiger partial charge in [0.05, 0.1) is 6.61 Å². The van der Waals surface area contributed by atoms with Crippen LogP contribution in [0.3, 0.4) is 0 Å². The maximum absolute atomic E-state index is 6.27. The largest absolute Gasteiger partial charge is 0.383 e. The van der Waals surface area contributed by atoms with Crippen molar-refractivity contribution in [3.05, 3.63) is 0 Å². The molecule has 2 unspecified atom stereocenters. The molecule has 2 N–H and O–H groups in total. The molecule has 0 heterocycles. The van der Waals surface area contributed by atoms with E-state index in [4.69, 9.17) is 10.5 Å². The van der Waals surface area contributed by atoms with Gasteiger partial charge >= 0.3 is 0 Å². The fourth-order valence-electron chi connectivity index (χ4n) is 2.82. The fourth-order valence-corrected chi connectivity index (χ4v) is 2.82.